The van der Waals surface area contributed by atoms with Gasteiger partial charge in [-0.2, -0.15) is 5.10 Å². The molecule has 1 amide bonds. The molecule has 2 aromatic rings. The number of nitrogens with zero attached hydrogens (tertiary/aromatic N) is 4. The van der Waals surface area contributed by atoms with Crippen molar-refractivity contribution in [2.24, 2.45) is 5.92 Å². The lowest BCUT2D eigenvalue weighted by atomic mass is 9.95. The number of hydrogen-bond donors (Lipinski definition) is 0. The number of amides is 1. The normalized spacial score (nSPS) is 25.6. The number of aryl methyl sites for hydroxylation is 1. The van der Waals surface area contributed by atoms with E-state index in [1.807, 2.05) is 19.2 Å². The third-order valence-electron chi connectivity index (χ3n) is 6.68. The predicted octanol–water partition coefficient (Wildman–Crippen LogP) is 2.28. The van der Waals surface area contributed by atoms with E-state index < -0.39 is 0 Å². The molecule has 27 heavy (non-hydrogen) atoms. The summed E-state index contributed by atoms with van der Waals surface area (Å²) in [5.74, 6) is 0.833. The summed E-state index contributed by atoms with van der Waals surface area (Å²) in [6, 6.07) is 11.8. The second kappa shape index (κ2) is 6.79. The van der Waals surface area contributed by atoms with Gasteiger partial charge < -0.3 is 4.90 Å². The van der Waals surface area contributed by atoms with Crippen LogP contribution in [0.3, 0.4) is 0 Å². The van der Waals surface area contributed by atoms with Crippen LogP contribution in [0.4, 0.5) is 0 Å². The van der Waals surface area contributed by atoms with Crippen LogP contribution in [0.2, 0.25) is 0 Å². The van der Waals surface area contributed by atoms with Crippen molar-refractivity contribution in [3.8, 4) is 0 Å². The van der Waals surface area contributed by atoms with Gasteiger partial charge >= 0.3 is 0 Å². The lowest BCUT2D eigenvalue weighted by Crippen LogP contribution is -2.49. The van der Waals surface area contributed by atoms with Gasteiger partial charge in [0.2, 0.25) is 5.91 Å². The molecule has 0 N–H and O–H groups in total. The van der Waals surface area contributed by atoms with Crippen LogP contribution in [0.5, 0.6) is 0 Å². The molecule has 2 bridgehead atoms. The highest BCUT2D eigenvalue weighted by molar-refractivity contribution is 5.76. The topological polar surface area (TPSA) is 41.4 Å². The lowest BCUT2D eigenvalue weighted by molar-refractivity contribution is -0.136. The Morgan fingerprint density at radius 3 is 2.52 bits per heavy atom. The molecular weight excluding hydrogens is 336 g/mol. The van der Waals surface area contributed by atoms with Crippen molar-refractivity contribution in [3.63, 3.8) is 0 Å². The van der Waals surface area contributed by atoms with Crippen LogP contribution in [0.25, 0.3) is 0 Å². The van der Waals surface area contributed by atoms with Crippen LogP contribution < -0.4 is 0 Å². The van der Waals surface area contributed by atoms with Gasteiger partial charge in [-0.1, -0.05) is 24.3 Å². The summed E-state index contributed by atoms with van der Waals surface area (Å²) in [7, 11) is 0. The molecule has 0 spiro atoms. The van der Waals surface area contributed by atoms with Gasteiger partial charge in [0.1, 0.15) is 6.54 Å². The van der Waals surface area contributed by atoms with Crippen LogP contribution >= 0.6 is 0 Å². The number of benzene rings is 1. The van der Waals surface area contributed by atoms with Gasteiger partial charge in [-0.3, -0.25) is 14.4 Å². The standard InChI is InChI=1S/C22H28N4O/c1-16-8-9-25(23-16)15-22(27)26-13-17-6-7-20(26)14-24(12-17)21-10-18-4-2-3-5-19(18)11-21/h2-5,8-9,17,20-21H,6-7,10-15H2,1H3/t17-,20+/m0/s1. The summed E-state index contributed by atoms with van der Waals surface area (Å²) in [6.45, 7) is 5.41. The Labute approximate surface area is 161 Å². The van der Waals surface area contributed by atoms with Crippen molar-refractivity contribution in [2.75, 3.05) is 19.6 Å². The van der Waals surface area contributed by atoms with Crippen LogP contribution in [0.1, 0.15) is 29.7 Å². The molecule has 0 unspecified atom stereocenters. The van der Waals surface area contributed by atoms with Crippen molar-refractivity contribution >= 4 is 5.91 Å². The maximum atomic E-state index is 13.0. The summed E-state index contributed by atoms with van der Waals surface area (Å²) in [5, 5.41) is 4.39. The fraction of sp³-hybridized carbons (Fsp3) is 0.545. The zero-order chi connectivity index (χ0) is 18.4. The van der Waals surface area contributed by atoms with E-state index in [-0.39, 0.29) is 5.91 Å². The third-order valence-corrected chi connectivity index (χ3v) is 6.68. The van der Waals surface area contributed by atoms with Gasteiger partial charge in [0.05, 0.1) is 5.69 Å². The SMILES string of the molecule is Cc1ccn(CC(=O)N2C[C@H]3CC[C@@H]2CN(C2Cc4ccccc4C2)C3)n1. The molecule has 2 atom stereocenters. The van der Waals surface area contributed by atoms with E-state index in [1.165, 1.54) is 17.5 Å². The monoisotopic (exact) mass is 364 g/mol. The Kier molecular flexibility index (Phi) is 4.27. The van der Waals surface area contributed by atoms with E-state index in [0.29, 0.717) is 24.5 Å². The van der Waals surface area contributed by atoms with Gasteiger partial charge in [-0.15, -0.1) is 0 Å². The summed E-state index contributed by atoms with van der Waals surface area (Å²) in [5.41, 5.74) is 3.99. The van der Waals surface area contributed by atoms with Crippen molar-refractivity contribution in [3.05, 3.63) is 53.3 Å². The molecule has 1 aromatic heterocycles. The Hall–Kier alpha value is -2.14. The van der Waals surface area contributed by atoms with Gasteiger partial charge in [0, 0.05) is 37.9 Å². The molecule has 142 valence electrons. The quantitative estimate of drug-likeness (QED) is 0.839. The summed E-state index contributed by atoms with van der Waals surface area (Å²) in [6.07, 6.45) is 6.63. The molecule has 6 rings (SSSR count). The second-order valence-electron chi connectivity index (χ2n) is 8.58. The first-order valence-electron chi connectivity index (χ1n) is 10.3. The van der Waals surface area contributed by atoms with Crippen LogP contribution in [0, 0.1) is 12.8 Å². The van der Waals surface area contributed by atoms with Gasteiger partial charge in [-0.05, 0) is 55.7 Å². The first kappa shape index (κ1) is 17.0. The van der Waals surface area contributed by atoms with Crippen molar-refractivity contribution in [1.82, 2.24) is 19.6 Å². The molecular formula is C22H28N4O. The maximum Gasteiger partial charge on any atom is 0.244 e. The van der Waals surface area contributed by atoms with Gasteiger partial charge in [0.25, 0.3) is 0 Å². The highest BCUT2D eigenvalue weighted by Gasteiger charge is 2.40. The molecule has 3 fully saturated rings. The summed E-state index contributed by atoms with van der Waals surface area (Å²) < 4.78 is 1.78. The minimum atomic E-state index is 0.226. The average Bonchev–Trinajstić information content (AvgIpc) is 3.16. The smallest absolute Gasteiger partial charge is 0.244 e. The number of fused-ring (bicyclic) bond motifs is 5. The van der Waals surface area contributed by atoms with E-state index in [1.54, 1.807) is 4.68 Å². The minimum absolute atomic E-state index is 0.226. The van der Waals surface area contributed by atoms with E-state index in [0.717, 1.165) is 44.6 Å². The molecule has 1 aliphatic carbocycles. The molecule has 1 aromatic carbocycles. The molecule has 3 saturated heterocycles. The fourth-order valence-electron chi connectivity index (χ4n) is 5.30. The molecule has 5 nitrogen and oxygen atoms in total. The lowest BCUT2D eigenvalue weighted by Gasteiger charge is -2.36. The van der Waals surface area contributed by atoms with Crippen LogP contribution in [0.15, 0.2) is 36.5 Å². The minimum Gasteiger partial charge on any atom is -0.336 e. The average molecular weight is 364 g/mol. The van der Waals surface area contributed by atoms with E-state index in [9.17, 15) is 4.79 Å². The Balaban J connectivity index is 1.28. The van der Waals surface area contributed by atoms with Crippen molar-refractivity contribution < 1.29 is 4.79 Å². The number of rotatable bonds is 3. The summed E-state index contributed by atoms with van der Waals surface area (Å²) >= 11 is 0. The van der Waals surface area contributed by atoms with Crippen LogP contribution in [-0.4, -0.2) is 57.2 Å². The number of aromatic nitrogens is 2. The van der Waals surface area contributed by atoms with Gasteiger partial charge in [-0.25, -0.2) is 0 Å². The van der Waals surface area contributed by atoms with Crippen LogP contribution in [-0.2, 0) is 24.2 Å². The second-order valence-corrected chi connectivity index (χ2v) is 8.58. The highest BCUT2D eigenvalue weighted by Crippen LogP contribution is 2.33. The highest BCUT2D eigenvalue weighted by atomic mass is 16.2. The Morgan fingerprint density at radius 2 is 1.81 bits per heavy atom. The fourth-order valence-corrected chi connectivity index (χ4v) is 5.30. The van der Waals surface area contributed by atoms with E-state index in [4.69, 9.17) is 0 Å². The zero-order valence-corrected chi connectivity index (χ0v) is 16.1. The van der Waals surface area contributed by atoms with Gasteiger partial charge in [0.15, 0.2) is 0 Å². The van der Waals surface area contributed by atoms with Crippen molar-refractivity contribution in [1.29, 1.82) is 0 Å². The first-order valence-corrected chi connectivity index (χ1v) is 10.3. The number of carbonyl (C=O) groups is 1. The first-order chi connectivity index (χ1) is 13.2. The molecule has 5 heteroatoms. The maximum absolute atomic E-state index is 13.0. The molecule has 4 heterocycles. The molecule has 0 radical (unpaired) electrons. The predicted molar refractivity (Wildman–Crippen MR) is 104 cm³/mol. The molecule has 3 aliphatic heterocycles. The Bertz CT molecular complexity index is 819. The number of carbonyl (C=O) groups excluding carboxylic acids is 1. The van der Waals surface area contributed by atoms with Crippen molar-refractivity contribution in [2.45, 2.75) is 51.2 Å². The number of hydrogen-bond acceptors (Lipinski definition) is 3. The largest absolute Gasteiger partial charge is 0.336 e. The Morgan fingerprint density at radius 1 is 1.04 bits per heavy atom. The zero-order valence-electron chi connectivity index (χ0n) is 16.1. The number of piperidine rings is 1. The molecule has 4 aliphatic rings. The summed E-state index contributed by atoms with van der Waals surface area (Å²) in [4.78, 5) is 17.8. The third kappa shape index (κ3) is 3.29. The molecule has 0 saturated carbocycles. The van der Waals surface area contributed by atoms with E-state index >= 15 is 0 Å². The van der Waals surface area contributed by atoms with E-state index in [2.05, 4.69) is 39.2 Å².